The zero-order valence-electron chi connectivity index (χ0n) is 8.75. The van der Waals surface area contributed by atoms with Gasteiger partial charge in [0, 0.05) is 5.69 Å². The number of hydrogen-bond acceptors (Lipinski definition) is 2. The summed E-state index contributed by atoms with van der Waals surface area (Å²) in [6, 6.07) is 8.30. The van der Waals surface area contributed by atoms with Crippen molar-refractivity contribution in [2.45, 2.75) is 24.8 Å². The van der Waals surface area contributed by atoms with E-state index in [1.807, 2.05) is 0 Å². The summed E-state index contributed by atoms with van der Waals surface area (Å²) in [5, 5.41) is 2.40. The molecule has 0 radical (unpaired) electrons. The smallest absolute Gasteiger partial charge is 0.324 e. The Hall–Kier alpha value is -1.56. The van der Waals surface area contributed by atoms with E-state index in [2.05, 4.69) is 10.1 Å². The Morgan fingerprint density at radius 3 is 2.29 bits per heavy atom. The fraction of sp³-hybridized carbons (Fsp3) is 0.364. The molecular weight excluding hydrogens is 235 g/mol. The summed E-state index contributed by atoms with van der Waals surface area (Å²) in [4.78, 5) is 11.6. The molecule has 0 unspecified atom stereocenters. The minimum atomic E-state index is -4.79. The first-order valence-electron chi connectivity index (χ1n) is 5.05. The highest BCUT2D eigenvalue weighted by Crippen LogP contribution is 2.44. The molecule has 0 atom stereocenters. The molecule has 0 aliphatic heterocycles. The Morgan fingerprint density at radius 1 is 1.24 bits per heavy atom. The van der Waals surface area contributed by atoms with Crippen LogP contribution < -0.4 is 5.32 Å². The number of halogens is 3. The van der Waals surface area contributed by atoms with Crippen molar-refractivity contribution in [2.75, 3.05) is 5.32 Å². The van der Waals surface area contributed by atoms with Gasteiger partial charge in [-0.05, 0) is 25.0 Å². The van der Waals surface area contributed by atoms with Gasteiger partial charge < -0.3 is 5.32 Å². The quantitative estimate of drug-likeness (QED) is 0.889. The largest absolute Gasteiger partial charge is 0.523 e. The van der Waals surface area contributed by atoms with Gasteiger partial charge in [0.25, 0.3) is 5.91 Å². The molecule has 1 aromatic rings. The molecule has 2 rings (SSSR count). The second-order valence-electron chi connectivity index (χ2n) is 3.86. The van der Waals surface area contributed by atoms with Crippen LogP contribution in [0.4, 0.5) is 18.9 Å². The van der Waals surface area contributed by atoms with E-state index < -0.39 is 17.9 Å². The Balaban J connectivity index is 2.01. The lowest BCUT2D eigenvalue weighted by atomic mass is 10.2. The summed E-state index contributed by atoms with van der Waals surface area (Å²) in [6.07, 6.45) is -4.61. The number of anilines is 1. The topological polar surface area (TPSA) is 38.3 Å². The van der Waals surface area contributed by atoms with Crippen molar-refractivity contribution in [3.05, 3.63) is 30.3 Å². The number of carbonyl (C=O) groups excluding carboxylic acids is 1. The molecule has 1 saturated carbocycles. The average Bonchev–Trinajstić information content (AvgIpc) is 2.98. The minimum absolute atomic E-state index is 0.0885. The van der Waals surface area contributed by atoms with E-state index in [9.17, 15) is 18.0 Å². The SMILES string of the molecule is O=C(Nc1ccccc1)C1(OC(F)(F)F)CC1. The van der Waals surface area contributed by atoms with Crippen LogP contribution in [0.2, 0.25) is 0 Å². The summed E-state index contributed by atoms with van der Waals surface area (Å²) in [7, 11) is 0. The van der Waals surface area contributed by atoms with Crippen LogP contribution in [0.3, 0.4) is 0 Å². The van der Waals surface area contributed by atoms with Crippen LogP contribution in [-0.4, -0.2) is 17.9 Å². The van der Waals surface area contributed by atoms with Gasteiger partial charge in [0.15, 0.2) is 5.60 Å². The average molecular weight is 245 g/mol. The molecule has 0 heterocycles. The fourth-order valence-electron chi connectivity index (χ4n) is 1.48. The molecule has 1 amide bonds. The predicted molar refractivity (Wildman–Crippen MR) is 54.2 cm³/mol. The highest BCUT2D eigenvalue weighted by atomic mass is 19.4. The number of ether oxygens (including phenoxy) is 1. The number of rotatable bonds is 3. The third-order valence-electron chi connectivity index (χ3n) is 2.46. The number of carbonyl (C=O) groups is 1. The lowest BCUT2D eigenvalue weighted by Crippen LogP contribution is -2.37. The predicted octanol–water partition coefficient (Wildman–Crippen LogP) is 2.69. The molecule has 1 fully saturated rings. The normalized spacial score (nSPS) is 17.6. The van der Waals surface area contributed by atoms with Crippen molar-refractivity contribution in [1.82, 2.24) is 0 Å². The van der Waals surface area contributed by atoms with Crippen LogP contribution in [0.1, 0.15) is 12.8 Å². The molecule has 92 valence electrons. The van der Waals surface area contributed by atoms with Gasteiger partial charge in [-0.2, -0.15) is 0 Å². The van der Waals surface area contributed by atoms with Crippen molar-refractivity contribution in [3.8, 4) is 0 Å². The van der Waals surface area contributed by atoms with Crippen LogP contribution in [0.5, 0.6) is 0 Å². The number of alkyl halides is 3. The first-order valence-corrected chi connectivity index (χ1v) is 5.05. The fourth-order valence-corrected chi connectivity index (χ4v) is 1.48. The molecule has 0 aromatic heterocycles. The number of para-hydroxylation sites is 1. The Kier molecular flexibility index (Phi) is 2.82. The van der Waals surface area contributed by atoms with E-state index in [4.69, 9.17) is 0 Å². The van der Waals surface area contributed by atoms with Gasteiger partial charge in [0.05, 0.1) is 0 Å². The van der Waals surface area contributed by atoms with E-state index in [0.717, 1.165) is 0 Å². The Morgan fingerprint density at radius 2 is 1.82 bits per heavy atom. The maximum Gasteiger partial charge on any atom is 0.523 e. The highest BCUT2D eigenvalue weighted by Gasteiger charge is 2.57. The molecule has 1 aliphatic rings. The first kappa shape index (κ1) is 11.9. The lowest BCUT2D eigenvalue weighted by molar-refractivity contribution is -0.343. The summed E-state index contributed by atoms with van der Waals surface area (Å²) < 4.78 is 40.1. The monoisotopic (exact) mass is 245 g/mol. The van der Waals surface area contributed by atoms with E-state index in [1.54, 1.807) is 30.3 Å². The molecule has 0 spiro atoms. The Labute approximate surface area is 95.6 Å². The zero-order valence-corrected chi connectivity index (χ0v) is 8.75. The number of nitrogens with one attached hydrogen (secondary N) is 1. The molecule has 1 N–H and O–H groups in total. The zero-order chi connectivity index (χ0) is 12.5. The van der Waals surface area contributed by atoms with Gasteiger partial charge in [-0.1, -0.05) is 18.2 Å². The first-order chi connectivity index (χ1) is 7.91. The summed E-state index contributed by atoms with van der Waals surface area (Å²) >= 11 is 0. The van der Waals surface area contributed by atoms with Crippen LogP contribution in [0, 0.1) is 0 Å². The van der Waals surface area contributed by atoms with Gasteiger partial charge in [-0.25, -0.2) is 0 Å². The molecule has 0 bridgehead atoms. The maximum atomic E-state index is 12.1. The van der Waals surface area contributed by atoms with Gasteiger partial charge in [0.1, 0.15) is 0 Å². The summed E-state index contributed by atoms with van der Waals surface area (Å²) in [5.41, 5.74) is -1.27. The van der Waals surface area contributed by atoms with Gasteiger partial charge in [0.2, 0.25) is 0 Å². The van der Waals surface area contributed by atoms with Crippen molar-refractivity contribution in [2.24, 2.45) is 0 Å². The third kappa shape index (κ3) is 2.97. The number of hydrogen-bond donors (Lipinski definition) is 1. The van der Waals surface area contributed by atoms with Crippen molar-refractivity contribution >= 4 is 11.6 Å². The molecule has 1 aliphatic carbocycles. The second-order valence-corrected chi connectivity index (χ2v) is 3.86. The van der Waals surface area contributed by atoms with Gasteiger partial charge in [-0.15, -0.1) is 13.2 Å². The molecule has 1 aromatic carbocycles. The Bertz CT molecular complexity index is 412. The van der Waals surface area contributed by atoms with Gasteiger partial charge >= 0.3 is 6.36 Å². The van der Waals surface area contributed by atoms with E-state index in [1.165, 1.54) is 0 Å². The number of amides is 1. The third-order valence-corrected chi connectivity index (χ3v) is 2.46. The molecule has 6 heteroatoms. The van der Waals surface area contributed by atoms with Crippen LogP contribution in [0.25, 0.3) is 0 Å². The van der Waals surface area contributed by atoms with E-state index >= 15 is 0 Å². The summed E-state index contributed by atoms with van der Waals surface area (Å²) in [5.74, 6) is -0.749. The molecular formula is C11H10F3NO2. The highest BCUT2D eigenvalue weighted by molar-refractivity contribution is 5.99. The lowest BCUT2D eigenvalue weighted by Gasteiger charge is -2.17. The van der Waals surface area contributed by atoms with Gasteiger partial charge in [-0.3, -0.25) is 9.53 Å². The molecule has 17 heavy (non-hydrogen) atoms. The van der Waals surface area contributed by atoms with Crippen molar-refractivity contribution < 1.29 is 22.7 Å². The minimum Gasteiger partial charge on any atom is -0.324 e. The summed E-state index contributed by atoms with van der Waals surface area (Å²) in [6.45, 7) is 0. The number of benzene rings is 1. The maximum absolute atomic E-state index is 12.1. The van der Waals surface area contributed by atoms with Crippen LogP contribution in [0.15, 0.2) is 30.3 Å². The van der Waals surface area contributed by atoms with Crippen molar-refractivity contribution in [1.29, 1.82) is 0 Å². The van der Waals surface area contributed by atoms with Crippen molar-refractivity contribution in [3.63, 3.8) is 0 Å². The second kappa shape index (κ2) is 4.03. The van der Waals surface area contributed by atoms with Crippen LogP contribution in [-0.2, 0) is 9.53 Å². The molecule has 3 nitrogen and oxygen atoms in total. The van der Waals surface area contributed by atoms with E-state index in [-0.39, 0.29) is 12.8 Å². The van der Waals surface area contributed by atoms with Crippen LogP contribution >= 0.6 is 0 Å². The molecule has 0 saturated heterocycles. The van der Waals surface area contributed by atoms with E-state index in [0.29, 0.717) is 5.69 Å². The standard InChI is InChI=1S/C11H10F3NO2/c12-11(13,14)17-10(6-7-10)9(16)15-8-4-2-1-3-5-8/h1-5H,6-7H2,(H,15,16).